The van der Waals surface area contributed by atoms with Gasteiger partial charge in [-0.25, -0.2) is 0 Å². The quantitative estimate of drug-likeness (QED) is 0.513. The Hall–Kier alpha value is -0.810. The summed E-state index contributed by atoms with van der Waals surface area (Å²) in [6.45, 7) is 2.01. The molecule has 0 unspecified atom stereocenters. The van der Waals surface area contributed by atoms with E-state index < -0.39 is 0 Å². The Bertz CT molecular complexity index is 689. The van der Waals surface area contributed by atoms with E-state index in [1.54, 1.807) is 22.7 Å². The molecule has 3 rings (SSSR count). The largest absolute Gasteiger partial charge is 0.372 e. The second-order valence-corrected chi connectivity index (χ2v) is 7.91. The number of halogens is 2. The Kier molecular flexibility index (Phi) is 4.69. The van der Waals surface area contributed by atoms with Crippen molar-refractivity contribution < 1.29 is 0 Å². The zero-order valence-electron chi connectivity index (χ0n) is 11.3. The number of benzene rings is 1. The molecule has 0 saturated heterocycles. The molecular formula is C16H13BrClNS2. The highest BCUT2D eigenvalue weighted by molar-refractivity contribution is 9.10. The highest BCUT2D eigenvalue weighted by Crippen LogP contribution is 2.36. The maximum Gasteiger partial charge on any atom is 0.0953 e. The Morgan fingerprint density at radius 3 is 2.24 bits per heavy atom. The molecule has 0 radical (unpaired) electrons. The lowest BCUT2D eigenvalue weighted by molar-refractivity contribution is 0.990. The van der Waals surface area contributed by atoms with Crippen molar-refractivity contribution in [3.8, 4) is 0 Å². The van der Waals surface area contributed by atoms with Crippen LogP contribution in [0, 0.1) is 6.92 Å². The molecule has 1 aromatic carbocycles. The molecule has 1 nitrogen and oxygen atoms in total. The first-order valence-electron chi connectivity index (χ1n) is 6.44. The Balaban J connectivity index is 1.98. The molecule has 0 aliphatic carbocycles. The van der Waals surface area contributed by atoms with Crippen molar-refractivity contribution in [1.82, 2.24) is 0 Å². The number of thiophene rings is 2. The molecule has 3 aromatic rings. The average molecular weight is 399 g/mol. The first-order valence-corrected chi connectivity index (χ1v) is 9.37. The van der Waals surface area contributed by atoms with Crippen molar-refractivity contribution in [2.45, 2.75) is 13.0 Å². The molecular weight excluding hydrogens is 386 g/mol. The predicted molar refractivity (Wildman–Crippen MR) is 98.0 cm³/mol. The second kappa shape index (κ2) is 6.53. The van der Waals surface area contributed by atoms with Crippen molar-refractivity contribution in [3.05, 3.63) is 72.0 Å². The Morgan fingerprint density at radius 2 is 1.71 bits per heavy atom. The molecule has 0 amide bonds. The van der Waals surface area contributed by atoms with Gasteiger partial charge >= 0.3 is 0 Å². The van der Waals surface area contributed by atoms with Gasteiger partial charge in [0.25, 0.3) is 0 Å². The average Bonchev–Trinajstić information content (AvgIpc) is 3.14. The van der Waals surface area contributed by atoms with Crippen molar-refractivity contribution in [2.75, 3.05) is 5.32 Å². The van der Waals surface area contributed by atoms with Gasteiger partial charge in [-0.3, -0.25) is 0 Å². The molecule has 0 spiro atoms. The SMILES string of the molecule is Cc1cc(Br)c(NC(c2cccs2)c2cccs2)cc1Cl. The third-order valence-electron chi connectivity index (χ3n) is 3.20. The molecule has 0 fully saturated rings. The number of hydrogen-bond donors (Lipinski definition) is 1. The predicted octanol–water partition coefficient (Wildman–Crippen LogP) is 6.74. The van der Waals surface area contributed by atoms with E-state index in [9.17, 15) is 0 Å². The van der Waals surface area contributed by atoms with Crippen LogP contribution in [0.5, 0.6) is 0 Å². The number of nitrogens with one attached hydrogen (secondary N) is 1. The van der Waals surface area contributed by atoms with Crippen LogP contribution in [0.4, 0.5) is 5.69 Å². The normalized spacial score (nSPS) is 11.0. The number of hydrogen-bond acceptors (Lipinski definition) is 3. The van der Waals surface area contributed by atoms with Crippen LogP contribution >= 0.6 is 50.2 Å². The van der Waals surface area contributed by atoms with Crippen LogP contribution in [0.2, 0.25) is 5.02 Å². The minimum atomic E-state index is 0.153. The third-order valence-corrected chi connectivity index (χ3v) is 6.14. The Labute approximate surface area is 145 Å². The van der Waals surface area contributed by atoms with Gasteiger partial charge in [-0.05, 0) is 63.4 Å². The van der Waals surface area contributed by atoms with Gasteiger partial charge in [0, 0.05) is 19.2 Å². The molecule has 2 heterocycles. The van der Waals surface area contributed by atoms with Crippen molar-refractivity contribution >= 4 is 55.9 Å². The maximum absolute atomic E-state index is 6.26. The lowest BCUT2D eigenvalue weighted by Crippen LogP contribution is -2.10. The van der Waals surface area contributed by atoms with Crippen molar-refractivity contribution in [3.63, 3.8) is 0 Å². The number of rotatable bonds is 4. The van der Waals surface area contributed by atoms with E-state index in [4.69, 9.17) is 11.6 Å². The van der Waals surface area contributed by atoms with Gasteiger partial charge in [-0.15, -0.1) is 22.7 Å². The highest BCUT2D eigenvalue weighted by Gasteiger charge is 2.17. The van der Waals surface area contributed by atoms with E-state index in [-0.39, 0.29) is 6.04 Å². The second-order valence-electron chi connectivity index (χ2n) is 4.69. The smallest absolute Gasteiger partial charge is 0.0953 e. The monoisotopic (exact) mass is 397 g/mol. The maximum atomic E-state index is 6.26. The lowest BCUT2D eigenvalue weighted by Gasteiger charge is -2.19. The van der Waals surface area contributed by atoms with E-state index >= 15 is 0 Å². The van der Waals surface area contributed by atoms with Gasteiger partial charge in [-0.2, -0.15) is 0 Å². The zero-order chi connectivity index (χ0) is 14.8. The lowest BCUT2D eigenvalue weighted by atomic mass is 10.1. The van der Waals surface area contributed by atoms with Crippen LogP contribution < -0.4 is 5.32 Å². The first kappa shape index (κ1) is 15.1. The van der Waals surface area contributed by atoms with Crippen LogP contribution in [0.1, 0.15) is 21.4 Å². The summed E-state index contributed by atoms with van der Waals surface area (Å²) in [6, 6.07) is 12.7. The summed E-state index contributed by atoms with van der Waals surface area (Å²) in [6.07, 6.45) is 0. The van der Waals surface area contributed by atoms with E-state index in [0.29, 0.717) is 0 Å². The fraction of sp³-hybridized carbons (Fsp3) is 0.125. The van der Waals surface area contributed by atoms with Gasteiger partial charge in [0.15, 0.2) is 0 Å². The van der Waals surface area contributed by atoms with E-state index in [0.717, 1.165) is 20.7 Å². The molecule has 108 valence electrons. The summed E-state index contributed by atoms with van der Waals surface area (Å²) in [7, 11) is 0. The number of aryl methyl sites for hydroxylation is 1. The number of anilines is 1. The van der Waals surface area contributed by atoms with E-state index in [2.05, 4.69) is 56.3 Å². The van der Waals surface area contributed by atoms with Gasteiger partial charge in [-0.1, -0.05) is 23.7 Å². The molecule has 5 heteroatoms. The summed E-state index contributed by atoms with van der Waals surface area (Å²) < 4.78 is 1.03. The van der Waals surface area contributed by atoms with Crippen LogP contribution in [0.25, 0.3) is 0 Å². The summed E-state index contributed by atoms with van der Waals surface area (Å²) in [5.74, 6) is 0. The first-order chi connectivity index (χ1) is 10.1. The van der Waals surface area contributed by atoms with E-state index in [1.165, 1.54) is 9.75 Å². The standard InChI is InChI=1S/C16H13BrClNS2/c1-10-8-11(17)13(9-12(10)18)19-16(14-4-2-6-20-14)15-5-3-7-21-15/h2-9,16,19H,1H3. The van der Waals surface area contributed by atoms with Crippen LogP contribution in [0.15, 0.2) is 51.6 Å². The summed E-state index contributed by atoms with van der Waals surface area (Å²) in [4.78, 5) is 2.59. The molecule has 0 atom stereocenters. The minimum absolute atomic E-state index is 0.153. The molecule has 0 saturated carbocycles. The third kappa shape index (κ3) is 3.34. The zero-order valence-corrected chi connectivity index (χ0v) is 15.2. The summed E-state index contributed by atoms with van der Waals surface area (Å²) in [5, 5.41) is 8.60. The van der Waals surface area contributed by atoms with Crippen LogP contribution in [-0.2, 0) is 0 Å². The Morgan fingerprint density at radius 1 is 1.10 bits per heavy atom. The van der Waals surface area contributed by atoms with Gasteiger partial charge in [0.05, 0.1) is 11.7 Å². The van der Waals surface area contributed by atoms with Crippen LogP contribution in [0.3, 0.4) is 0 Å². The molecule has 21 heavy (non-hydrogen) atoms. The summed E-state index contributed by atoms with van der Waals surface area (Å²) >= 11 is 13.4. The topological polar surface area (TPSA) is 12.0 Å². The molecule has 1 N–H and O–H groups in total. The molecule has 0 aliphatic heterocycles. The van der Waals surface area contributed by atoms with E-state index in [1.807, 2.05) is 19.1 Å². The minimum Gasteiger partial charge on any atom is -0.372 e. The summed E-state index contributed by atoms with van der Waals surface area (Å²) in [5.41, 5.74) is 2.08. The van der Waals surface area contributed by atoms with Gasteiger partial charge < -0.3 is 5.32 Å². The molecule has 0 aliphatic rings. The fourth-order valence-corrected chi connectivity index (χ4v) is 4.50. The highest BCUT2D eigenvalue weighted by atomic mass is 79.9. The van der Waals surface area contributed by atoms with Crippen LogP contribution in [-0.4, -0.2) is 0 Å². The fourth-order valence-electron chi connectivity index (χ4n) is 2.11. The molecule has 0 bridgehead atoms. The van der Waals surface area contributed by atoms with Crippen molar-refractivity contribution in [1.29, 1.82) is 0 Å². The van der Waals surface area contributed by atoms with Gasteiger partial charge in [0.2, 0.25) is 0 Å². The molecule has 2 aromatic heterocycles. The van der Waals surface area contributed by atoms with Crippen molar-refractivity contribution in [2.24, 2.45) is 0 Å². The van der Waals surface area contributed by atoms with Gasteiger partial charge in [0.1, 0.15) is 0 Å².